The van der Waals surface area contributed by atoms with E-state index < -0.39 is 0 Å². The number of nitriles is 1. The number of hydrogen-bond donors (Lipinski definition) is 0. The zero-order valence-electron chi connectivity index (χ0n) is 10.4. The molecule has 0 N–H and O–H groups in total. The molecule has 2 unspecified atom stereocenters. The van der Waals surface area contributed by atoms with Crippen molar-refractivity contribution in [3.63, 3.8) is 0 Å². The Morgan fingerprint density at radius 1 is 1.38 bits per heavy atom. The minimum Gasteiger partial charge on any atom is -0.378 e. The molecule has 2 atom stereocenters. The first-order valence-electron chi connectivity index (χ1n) is 6.46. The Morgan fingerprint density at radius 3 is 2.62 bits per heavy atom. The third-order valence-electron chi connectivity index (χ3n) is 4.05. The minimum atomic E-state index is -0.232. The summed E-state index contributed by atoms with van der Waals surface area (Å²) in [6, 6.07) is 2.59. The van der Waals surface area contributed by atoms with Crippen LogP contribution in [0.2, 0.25) is 0 Å². The Kier molecular flexibility index (Phi) is 3.51. The van der Waals surface area contributed by atoms with Crippen molar-refractivity contribution in [3.8, 4) is 6.07 Å². The van der Waals surface area contributed by atoms with Crippen molar-refractivity contribution < 1.29 is 4.74 Å². The Labute approximate surface area is 98.4 Å². The first kappa shape index (κ1) is 11.9. The van der Waals surface area contributed by atoms with Crippen LogP contribution in [0, 0.1) is 17.2 Å². The van der Waals surface area contributed by atoms with E-state index in [9.17, 15) is 5.26 Å². The van der Waals surface area contributed by atoms with Crippen molar-refractivity contribution >= 4 is 0 Å². The molecule has 0 spiro atoms. The summed E-state index contributed by atoms with van der Waals surface area (Å²) in [4.78, 5) is 2.39. The van der Waals surface area contributed by atoms with E-state index in [0.717, 1.165) is 32.5 Å². The van der Waals surface area contributed by atoms with Gasteiger partial charge in [0.1, 0.15) is 5.54 Å². The number of hydrogen-bond acceptors (Lipinski definition) is 3. The van der Waals surface area contributed by atoms with Gasteiger partial charge >= 0.3 is 0 Å². The molecule has 0 aromatic rings. The Balaban J connectivity index is 2.11. The highest BCUT2D eigenvalue weighted by Crippen LogP contribution is 2.35. The fraction of sp³-hybridized carbons (Fsp3) is 0.923. The molecule has 0 radical (unpaired) electrons. The molecule has 2 saturated heterocycles. The van der Waals surface area contributed by atoms with Crippen LogP contribution in [0.1, 0.15) is 39.5 Å². The third kappa shape index (κ3) is 2.09. The molecule has 2 heterocycles. The molecule has 0 aromatic heterocycles. The van der Waals surface area contributed by atoms with Gasteiger partial charge in [0.2, 0.25) is 0 Å². The molecule has 2 aliphatic heterocycles. The molecule has 0 aliphatic carbocycles. The highest BCUT2D eigenvalue weighted by molar-refractivity contribution is 5.12. The lowest BCUT2D eigenvalue weighted by Crippen LogP contribution is -2.53. The summed E-state index contributed by atoms with van der Waals surface area (Å²) < 4.78 is 5.78. The largest absolute Gasteiger partial charge is 0.378 e. The molecule has 2 fully saturated rings. The van der Waals surface area contributed by atoms with Crippen molar-refractivity contribution in [3.05, 3.63) is 0 Å². The number of likely N-dealkylation sites (tertiary alicyclic amines) is 1. The van der Waals surface area contributed by atoms with E-state index >= 15 is 0 Å². The molecule has 3 nitrogen and oxygen atoms in total. The highest BCUT2D eigenvalue weighted by Gasteiger charge is 2.43. The van der Waals surface area contributed by atoms with Crippen LogP contribution >= 0.6 is 0 Å². The standard InChI is InChI=1S/C13H22N2O/c1-11(2)12-9-13(10-14,5-8-16-12)15-6-3-4-7-15/h11-12H,3-9H2,1-2H3. The number of rotatable bonds is 2. The van der Waals surface area contributed by atoms with E-state index in [1.807, 2.05) is 0 Å². The van der Waals surface area contributed by atoms with Gasteiger partial charge in [-0.15, -0.1) is 0 Å². The summed E-state index contributed by atoms with van der Waals surface area (Å²) >= 11 is 0. The van der Waals surface area contributed by atoms with Crippen LogP contribution in [0.25, 0.3) is 0 Å². The molecule has 3 heteroatoms. The average Bonchev–Trinajstić information content (AvgIpc) is 2.83. The third-order valence-corrected chi connectivity index (χ3v) is 4.05. The maximum absolute atomic E-state index is 9.55. The monoisotopic (exact) mass is 222 g/mol. The summed E-state index contributed by atoms with van der Waals surface area (Å²) in [7, 11) is 0. The van der Waals surface area contributed by atoms with E-state index in [4.69, 9.17) is 4.74 Å². The second kappa shape index (κ2) is 4.73. The quantitative estimate of drug-likeness (QED) is 0.718. The Morgan fingerprint density at radius 2 is 2.06 bits per heavy atom. The zero-order valence-corrected chi connectivity index (χ0v) is 10.4. The van der Waals surface area contributed by atoms with Gasteiger partial charge in [-0.05, 0) is 31.8 Å². The van der Waals surface area contributed by atoms with E-state index in [1.165, 1.54) is 12.8 Å². The van der Waals surface area contributed by atoms with Crippen LogP contribution in [0.4, 0.5) is 0 Å². The van der Waals surface area contributed by atoms with Crippen LogP contribution < -0.4 is 0 Å². The van der Waals surface area contributed by atoms with Crippen LogP contribution in [-0.2, 0) is 4.74 Å². The van der Waals surface area contributed by atoms with Crippen molar-refractivity contribution in [1.29, 1.82) is 5.26 Å². The SMILES string of the molecule is CC(C)C1CC(C#N)(N2CCCC2)CCO1. The summed E-state index contributed by atoms with van der Waals surface area (Å²) in [5.74, 6) is 0.510. The van der Waals surface area contributed by atoms with Crippen molar-refractivity contribution in [1.82, 2.24) is 4.90 Å². The smallest absolute Gasteiger partial charge is 0.113 e. The lowest BCUT2D eigenvalue weighted by molar-refractivity contribution is -0.0661. The fourth-order valence-electron chi connectivity index (χ4n) is 2.91. The summed E-state index contributed by atoms with van der Waals surface area (Å²) in [6.07, 6.45) is 4.52. The van der Waals surface area contributed by atoms with Crippen molar-refractivity contribution in [2.75, 3.05) is 19.7 Å². The van der Waals surface area contributed by atoms with Gasteiger partial charge < -0.3 is 4.74 Å². The maximum atomic E-state index is 9.55. The van der Waals surface area contributed by atoms with Gasteiger partial charge in [-0.2, -0.15) is 5.26 Å². The van der Waals surface area contributed by atoms with Crippen LogP contribution in [-0.4, -0.2) is 36.2 Å². The minimum absolute atomic E-state index is 0.232. The zero-order chi connectivity index (χ0) is 11.6. The lowest BCUT2D eigenvalue weighted by atomic mass is 9.83. The van der Waals surface area contributed by atoms with Crippen LogP contribution in [0.15, 0.2) is 0 Å². The second-order valence-electron chi connectivity index (χ2n) is 5.44. The molecule has 90 valence electrons. The van der Waals surface area contributed by atoms with E-state index in [1.54, 1.807) is 0 Å². The predicted octanol–water partition coefficient (Wildman–Crippen LogP) is 2.18. The molecule has 0 amide bonds. The van der Waals surface area contributed by atoms with Crippen LogP contribution in [0.5, 0.6) is 0 Å². The first-order chi connectivity index (χ1) is 7.68. The Bertz CT molecular complexity index is 278. The number of nitrogens with zero attached hydrogens (tertiary/aromatic N) is 2. The highest BCUT2D eigenvalue weighted by atomic mass is 16.5. The van der Waals surface area contributed by atoms with Gasteiger partial charge in [0.25, 0.3) is 0 Å². The second-order valence-corrected chi connectivity index (χ2v) is 5.44. The summed E-state index contributed by atoms with van der Waals surface area (Å²) in [5.41, 5.74) is -0.232. The maximum Gasteiger partial charge on any atom is 0.113 e. The summed E-state index contributed by atoms with van der Waals surface area (Å²) in [6.45, 7) is 7.30. The summed E-state index contributed by atoms with van der Waals surface area (Å²) in [5, 5.41) is 9.55. The Hall–Kier alpha value is -0.590. The van der Waals surface area contributed by atoms with Gasteiger partial charge in [-0.1, -0.05) is 13.8 Å². The van der Waals surface area contributed by atoms with Crippen molar-refractivity contribution in [2.45, 2.75) is 51.2 Å². The van der Waals surface area contributed by atoms with Gasteiger partial charge in [0, 0.05) is 19.4 Å². The lowest BCUT2D eigenvalue weighted by Gasteiger charge is -2.43. The van der Waals surface area contributed by atoms with E-state index in [2.05, 4.69) is 24.8 Å². The van der Waals surface area contributed by atoms with E-state index in [-0.39, 0.29) is 11.6 Å². The molecule has 0 aromatic carbocycles. The fourth-order valence-corrected chi connectivity index (χ4v) is 2.91. The van der Waals surface area contributed by atoms with E-state index in [0.29, 0.717) is 5.92 Å². The van der Waals surface area contributed by atoms with Crippen molar-refractivity contribution in [2.24, 2.45) is 5.92 Å². The normalized spacial score (nSPS) is 36.5. The molecular weight excluding hydrogens is 200 g/mol. The van der Waals surface area contributed by atoms with Gasteiger partial charge in [-0.3, -0.25) is 4.90 Å². The molecule has 0 saturated carbocycles. The first-order valence-corrected chi connectivity index (χ1v) is 6.46. The van der Waals surface area contributed by atoms with Gasteiger partial charge in [0.05, 0.1) is 12.2 Å². The van der Waals surface area contributed by atoms with Gasteiger partial charge in [0.15, 0.2) is 0 Å². The average molecular weight is 222 g/mol. The van der Waals surface area contributed by atoms with Crippen LogP contribution in [0.3, 0.4) is 0 Å². The number of ether oxygens (including phenoxy) is 1. The topological polar surface area (TPSA) is 36.3 Å². The molecule has 16 heavy (non-hydrogen) atoms. The molecular formula is C13H22N2O. The molecule has 0 bridgehead atoms. The van der Waals surface area contributed by atoms with Gasteiger partial charge in [-0.25, -0.2) is 0 Å². The molecule has 2 aliphatic rings. The predicted molar refractivity (Wildman–Crippen MR) is 63.0 cm³/mol. The molecule has 2 rings (SSSR count).